The second kappa shape index (κ2) is 6.65. The molecule has 134 valence electrons. The highest BCUT2D eigenvalue weighted by Gasteiger charge is 2.48. The van der Waals surface area contributed by atoms with E-state index in [1.165, 1.54) is 7.11 Å². The van der Waals surface area contributed by atoms with Crippen molar-refractivity contribution in [1.82, 2.24) is 4.31 Å². The Hall–Kier alpha value is -1.11. The van der Waals surface area contributed by atoms with Crippen LogP contribution in [0.2, 0.25) is 0 Å². The first-order chi connectivity index (χ1) is 11.4. The quantitative estimate of drug-likeness (QED) is 0.835. The molecule has 0 amide bonds. The van der Waals surface area contributed by atoms with E-state index in [0.29, 0.717) is 18.8 Å². The molecule has 2 atom stereocenters. The maximum atomic E-state index is 13.2. The third-order valence-electron chi connectivity index (χ3n) is 5.62. The highest BCUT2D eigenvalue weighted by Crippen LogP contribution is 2.47. The molecule has 1 aromatic rings. The van der Waals surface area contributed by atoms with E-state index in [2.05, 4.69) is 0 Å². The van der Waals surface area contributed by atoms with Crippen LogP contribution < -0.4 is 4.74 Å². The van der Waals surface area contributed by atoms with Crippen molar-refractivity contribution in [1.29, 1.82) is 0 Å². The molecule has 0 radical (unpaired) electrons. The zero-order chi connectivity index (χ0) is 17.4. The normalized spacial score (nSPS) is 28.4. The fourth-order valence-electron chi connectivity index (χ4n) is 4.39. The van der Waals surface area contributed by atoms with Crippen molar-refractivity contribution in [3.8, 4) is 5.75 Å². The van der Waals surface area contributed by atoms with Gasteiger partial charge in [-0.1, -0.05) is 12.5 Å². The molecule has 1 heterocycles. The van der Waals surface area contributed by atoms with Gasteiger partial charge >= 0.3 is 0 Å². The summed E-state index contributed by atoms with van der Waals surface area (Å²) in [6, 6.07) is 5.26. The summed E-state index contributed by atoms with van der Waals surface area (Å²) in [6.45, 7) is 3.04. The lowest BCUT2D eigenvalue weighted by Gasteiger charge is -2.43. The van der Waals surface area contributed by atoms with Gasteiger partial charge in [0.1, 0.15) is 10.6 Å². The summed E-state index contributed by atoms with van der Waals surface area (Å²) < 4.78 is 39.1. The van der Waals surface area contributed by atoms with Gasteiger partial charge in [-0.2, -0.15) is 4.31 Å². The molecule has 6 heteroatoms. The molecule has 0 unspecified atom stereocenters. The standard InChI is InChI=1S/C18H27NO4S/c1-14-7-8-16(15(12-14)22-2)24(20,21)19-11-5-10-18(13-19)9-4-6-17(18)23-3/h7-8,12,17H,4-6,9-11,13H2,1-3H3/t17-,18+/m1/s1. The van der Waals surface area contributed by atoms with Gasteiger partial charge in [-0.25, -0.2) is 8.42 Å². The number of aryl methyl sites for hydroxylation is 1. The van der Waals surface area contributed by atoms with Crippen LogP contribution in [0.25, 0.3) is 0 Å². The zero-order valence-corrected chi connectivity index (χ0v) is 15.6. The Morgan fingerprint density at radius 3 is 2.67 bits per heavy atom. The summed E-state index contributed by atoms with van der Waals surface area (Å²) in [5, 5.41) is 0. The second-order valence-corrected chi connectivity index (χ2v) is 8.98. The molecule has 0 bridgehead atoms. The van der Waals surface area contributed by atoms with Crippen LogP contribution >= 0.6 is 0 Å². The average Bonchev–Trinajstić information content (AvgIpc) is 2.96. The van der Waals surface area contributed by atoms with Gasteiger partial charge in [-0.05, 0) is 50.3 Å². The summed E-state index contributed by atoms with van der Waals surface area (Å²) in [5.41, 5.74) is 0.953. The number of rotatable bonds is 4. The lowest BCUT2D eigenvalue weighted by atomic mass is 9.77. The molecule has 1 saturated heterocycles. The van der Waals surface area contributed by atoms with E-state index in [1.807, 2.05) is 13.0 Å². The van der Waals surface area contributed by atoms with Crippen molar-refractivity contribution in [2.45, 2.75) is 50.0 Å². The maximum Gasteiger partial charge on any atom is 0.246 e. The van der Waals surface area contributed by atoms with Gasteiger partial charge < -0.3 is 9.47 Å². The minimum absolute atomic E-state index is 0.0298. The van der Waals surface area contributed by atoms with Crippen molar-refractivity contribution in [2.75, 3.05) is 27.3 Å². The summed E-state index contributed by atoms with van der Waals surface area (Å²) >= 11 is 0. The molecule has 24 heavy (non-hydrogen) atoms. The van der Waals surface area contributed by atoms with Gasteiger partial charge in [0.05, 0.1) is 13.2 Å². The van der Waals surface area contributed by atoms with E-state index in [-0.39, 0.29) is 16.4 Å². The third-order valence-corrected chi connectivity index (χ3v) is 7.50. The van der Waals surface area contributed by atoms with Crippen molar-refractivity contribution in [2.24, 2.45) is 5.41 Å². The zero-order valence-electron chi connectivity index (χ0n) is 14.7. The van der Waals surface area contributed by atoms with Crippen molar-refractivity contribution < 1.29 is 17.9 Å². The Morgan fingerprint density at radius 1 is 1.21 bits per heavy atom. The molecule has 1 spiro atoms. The van der Waals surface area contributed by atoms with Crippen LogP contribution in [0.15, 0.2) is 23.1 Å². The first-order valence-corrected chi connectivity index (χ1v) is 10.0. The average molecular weight is 353 g/mol. The smallest absolute Gasteiger partial charge is 0.246 e. The minimum atomic E-state index is -3.56. The van der Waals surface area contributed by atoms with Gasteiger partial charge in [-0.3, -0.25) is 0 Å². The van der Waals surface area contributed by atoms with Crippen molar-refractivity contribution in [3.63, 3.8) is 0 Å². The van der Waals surface area contributed by atoms with Crippen LogP contribution in [0.5, 0.6) is 5.75 Å². The monoisotopic (exact) mass is 353 g/mol. The van der Waals surface area contributed by atoms with Crippen LogP contribution in [-0.2, 0) is 14.8 Å². The Morgan fingerprint density at radius 2 is 1.96 bits per heavy atom. The number of nitrogens with zero attached hydrogens (tertiary/aromatic N) is 1. The first kappa shape index (κ1) is 17.7. The number of sulfonamides is 1. The molecule has 1 aliphatic carbocycles. The number of methoxy groups -OCH3 is 2. The third kappa shape index (κ3) is 2.95. The van der Waals surface area contributed by atoms with E-state index in [4.69, 9.17) is 9.47 Å². The van der Waals surface area contributed by atoms with Gasteiger partial charge in [0, 0.05) is 25.6 Å². The van der Waals surface area contributed by atoms with Gasteiger partial charge in [-0.15, -0.1) is 0 Å². The van der Waals surface area contributed by atoms with Gasteiger partial charge in [0.25, 0.3) is 0 Å². The molecular formula is C18H27NO4S. The molecule has 5 nitrogen and oxygen atoms in total. The second-order valence-electron chi connectivity index (χ2n) is 7.08. The molecule has 0 aromatic heterocycles. The van der Waals surface area contributed by atoms with Crippen LogP contribution in [0.4, 0.5) is 0 Å². The summed E-state index contributed by atoms with van der Waals surface area (Å²) in [7, 11) is -0.302. The van der Waals surface area contributed by atoms with E-state index in [0.717, 1.165) is 37.7 Å². The fraction of sp³-hybridized carbons (Fsp3) is 0.667. The van der Waals surface area contributed by atoms with E-state index < -0.39 is 10.0 Å². The molecule has 0 N–H and O–H groups in total. The lowest BCUT2D eigenvalue weighted by Crippen LogP contribution is -2.49. The maximum absolute atomic E-state index is 13.2. The number of hydrogen-bond donors (Lipinski definition) is 0. The Labute approximate surface area is 145 Å². The van der Waals surface area contributed by atoms with Crippen molar-refractivity contribution in [3.05, 3.63) is 23.8 Å². The predicted molar refractivity (Wildman–Crippen MR) is 92.8 cm³/mol. The molecule has 1 saturated carbocycles. The minimum Gasteiger partial charge on any atom is -0.495 e. The number of ether oxygens (including phenoxy) is 2. The molecule has 2 aliphatic rings. The predicted octanol–water partition coefficient (Wildman–Crippen LogP) is 2.97. The summed E-state index contributed by atoms with van der Waals surface area (Å²) in [5.74, 6) is 0.421. The largest absolute Gasteiger partial charge is 0.495 e. The van der Waals surface area contributed by atoms with E-state index >= 15 is 0 Å². The molecule has 3 rings (SSSR count). The van der Waals surface area contributed by atoms with Gasteiger partial charge in [0.15, 0.2) is 0 Å². The van der Waals surface area contributed by atoms with Crippen LogP contribution in [0.1, 0.15) is 37.7 Å². The fourth-order valence-corrected chi connectivity index (χ4v) is 6.10. The SMILES string of the molecule is COc1cc(C)ccc1S(=O)(=O)N1CCC[C@@]2(CCC[C@H]2OC)C1. The summed E-state index contributed by atoms with van der Waals surface area (Å²) in [6.07, 6.45) is 5.27. The van der Waals surface area contributed by atoms with Crippen LogP contribution in [0, 0.1) is 12.3 Å². The molecular weight excluding hydrogens is 326 g/mol. The lowest BCUT2D eigenvalue weighted by molar-refractivity contribution is -0.0185. The number of hydrogen-bond acceptors (Lipinski definition) is 4. The Balaban J connectivity index is 1.93. The Bertz CT molecular complexity index is 703. The topological polar surface area (TPSA) is 55.8 Å². The van der Waals surface area contributed by atoms with Crippen LogP contribution in [0.3, 0.4) is 0 Å². The van der Waals surface area contributed by atoms with E-state index in [9.17, 15) is 8.42 Å². The van der Waals surface area contributed by atoms with E-state index in [1.54, 1.807) is 23.5 Å². The molecule has 1 aromatic carbocycles. The van der Waals surface area contributed by atoms with Gasteiger partial charge in [0.2, 0.25) is 10.0 Å². The number of benzene rings is 1. The first-order valence-electron chi connectivity index (χ1n) is 8.60. The molecule has 1 aliphatic heterocycles. The highest BCUT2D eigenvalue weighted by atomic mass is 32.2. The van der Waals surface area contributed by atoms with Crippen LogP contribution in [-0.4, -0.2) is 46.1 Å². The molecule has 2 fully saturated rings. The summed E-state index contributed by atoms with van der Waals surface area (Å²) in [4.78, 5) is 0.264. The number of piperidine rings is 1. The Kier molecular flexibility index (Phi) is 4.91. The van der Waals surface area contributed by atoms with Crippen molar-refractivity contribution >= 4 is 10.0 Å². The highest BCUT2D eigenvalue weighted by molar-refractivity contribution is 7.89.